The first-order valence-electron chi connectivity index (χ1n) is 9.27. The Morgan fingerprint density at radius 3 is 2.52 bits per heavy atom. The fourth-order valence-electron chi connectivity index (χ4n) is 5.34. The van der Waals surface area contributed by atoms with Crippen molar-refractivity contribution in [2.24, 2.45) is 5.92 Å². The van der Waals surface area contributed by atoms with Crippen molar-refractivity contribution in [3.63, 3.8) is 0 Å². The van der Waals surface area contributed by atoms with Crippen LogP contribution in [0.1, 0.15) is 24.3 Å². The lowest BCUT2D eigenvalue weighted by molar-refractivity contribution is 0.0350. The third kappa shape index (κ3) is 2.33. The number of benzene rings is 1. The quantitative estimate of drug-likeness (QED) is 0.862. The molecule has 0 radical (unpaired) electrons. The molecule has 0 amide bonds. The van der Waals surface area contributed by atoms with Crippen LogP contribution in [0.25, 0.3) is 0 Å². The Kier molecular flexibility index (Phi) is 3.63. The molecule has 4 saturated heterocycles. The molecule has 0 unspecified atom stereocenters. The second kappa shape index (κ2) is 5.99. The monoisotopic (exact) mass is 336 g/mol. The Morgan fingerprint density at radius 1 is 1.00 bits per heavy atom. The average molecular weight is 336 g/mol. The predicted octanol–water partition coefficient (Wildman–Crippen LogP) is 2.55. The van der Waals surface area contributed by atoms with Gasteiger partial charge in [-0.05, 0) is 44.0 Å². The van der Waals surface area contributed by atoms with Crippen molar-refractivity contribution in [3.05, 3.63) is 48.3 Å². The van der Waals surface area contributed by atoms with Crippen LogP contribution in [0, 0.1) is 5.92 Å². The first-order chi connectivity index (χ1) is 12.4. The van der Waals surface area contributed by atoms with Crippen LogP contribution < -0.4 is 9.64 Å². The van der Waals surface area contributed by atoms with Gasteiger partial charge in [0.05, 0.1) is 13.2 Å². The summed E-state index contributed by atoms with van der Waals surface area (Å²) in [5, 5.41) is 0. The van der Waals surface area contributed by atoms with E-state index in [2.05, 4.69) is 44.0 Å². The maximum atomic E-state index is 5.69. The van der Waals surface area contributed by atoms with Crippen molar-refractivity contribution >= 4 is 5.95 Å². The zero-order chi connectivity index (χ0) is 16.8. The molecular formula is C20H24N4O. The molecule has 4 aliphatic rings. The predicted molar refractivity (Wildman–Crippen MR) is 97.0 cm³/mol. The normalized spacial score (nSPS) is 33.3. The van der Waals surface area contributed by atoms with Gasteiger partial charge in [-0.25, -0.2) is 9.97 Å². The van der Waals surface area contributed by atoms with Crippen molar-refractivity contribution in [3.8, 4) is 5.75 Å². The summed E-state index contributed by atoms with van der Waals surface area (Å²) < 4.78 is 5.69. The third-order valence-corrected chi connectivity index (χ3v) is 6.34. The molecule has 2 aromatic rings. The van der Waals surface area contributed by atoms with Crippen molar-refractivity contribution in [2.75, 3.05) is 31.6 Å². The van der Waals surface area contributed by atoms with E-state index in [4.69, 9.17) is 4.74 Å². The molecule has 0 N–H and O–H groups in total. The molecule has 3 atom stereocenters. The summed E-state index contributed by atoms with van der Waals surface area (Å²) in [7, 11) is 1.77. The highest BCUT2D eigenvalue weighted by Crippen LogP contribution is 2.48. The van der Waals surface area contributed by atoms with Crippen LogP contribution in [0.5, 0.6) is 5.75 Å². The number of aromatic nitrogens is 2. The lowest BCUT2D eigenvalue weighted by Gasteiger charge is -2.51. The smallest absolute Gasteiger partial charge is 0.225 e. The van der Waals surface area contributed by atoms with Crippen LogP contribution >= 0.6 is 0 Å². The van der Waals surface area contributed by atoms with Crippen molar-refractivity contribution < 1.29 is 4.74 Å². The lowest BCUT2D eigenvalue weighted by Crippen LogP contribution is -2.60. The first-order valence-corrected chi connectivity index (χ1v) is 9.27. The van der Waals surface area contributed by atoms with E-state index in [9.17, 15) is 0 Å². The summed E-state index contributed by atoms with van der Waals surface area (Å²) in [6.07, 6.45) is 6.30. The number of hydrogen-bond acceptors (Lipinski definition) is 5. The minimum atomic E-state index is 0.438. The SMILES string of the molecule is COc1ccccc1[C@@H]1CN(c2ncccn2)[C@@H]2C3CCN(CC3)[C@@H]21. The van der Waals surface area contributed by atoms with Crippen molar-refractivity contribution in [1.82, 2.24) is 14.9 Å². The molecule has 25 heavy (non-hydrogen) atoms. The second-order valence-corrected chi connectivity index (χ2v) is 7.40. The third-order valence-electron chi connectivity index (χ3n) is 6.34. The Bertz CT molecular complexity index is 744. The minimum Gasteiger partial charge on any atom is -0.496 e. The molecule has 0 saturated carbocycles. The number of nitrogens with zero attached hydrogens (tertiary/aromatic N) is 4. The van der Waals surface area contributed by atoms with Gasteiger partial charge in [0.1, 0.15) is 5.75 Å². The van der Waals surface area contributed by atoms with Crippen LogP contribution in [-0.4, -0.2) is 53.7 Å². The van der Waals surface area contributed by atoms with E-state index in [1.807, 2.05) is 18.5 Å². The summed E-state index contributed by atoms with van der Waals surface area (Å²) in [5.74, 6) is 3.07. The highest BCUT2D eigenvalue weighted by Gasteiger charge is 2.54. The van der Waals surface area contributed by atoms with Crippen LogP contribution in [0.15, 0.2) is 42.7 Å². The van der Waals surface area contributed by atoms with Gasteiger partial charge in [0.25, 0.3) is 0 Å². The Labute approximate surface area is 148 Å². The molecule has 1 aromatic heterocycles. The summed E-state index contributed by atoms with van der Waals surface area (Å²) in [4.78, 5) is 14.3. The van der Waals surface area contributed by atoms with Crippen molar-refractivity contribution in [1.29, 1.82) is 0 Å². The standard InChI is InChI=1S/C20H24N4O/c1-25-17-6-3-2-5-15(17)16-13-24(20-21-9-4-10-22-20)18-14-7-11-23(12-8-14)19(16)18/h2-6,9-10,14,16,18-19H,7-8,11-13H2,1H3/t16-,18+,19+/m0/s1. The Balaban J connectivity index is 1.58. The molecule has 5 nitrogen and oxygen atoms in total. The number of piperidine rings is 3. The molecule has 6 rings (SSSR count). The van der Waals surface area contributed by atoms with Gasteiger partial charge in [-0.3, -0.25) is 4.90 Å². The largest absolute Gasteiger partial charge is 0.496 e. The highest BCUT2D eigenvalue weighted by molar-refractivity contribution is 5.46. The fraction of sp³-hybridized carbons (Fsp3) is 0.500. The zero-order valence-electron chi connectivity index (χ0n) is 14.6. The van der Waals surface area contributed by atoms with Crippen molar-refractivity contribution in [2.45, 2.75) is 30.8 Å². The van der Waals surface area contributed by atoms with E-state index in [1.54, 1.807) is 7.11 Å². The molecule has 1 aromatic carbocycles. The topological polar surface area (TPSA) is 41.5 Å². The molecule has 5 heterocycles. The van der Waals surface area contributed by atoms with Crippen LogP contribution in [0.3, 0.4) is 0 Å². The Hall–Kier alpha value is -2.14. The summed E-state index contributed by atoms with van der Waals surface area (Å²) in [6, 6.07) is 11.4. The van der Waals surface area contributed by atoms with Crippen LogP contribution in [0.2, 0.25) is 0 Å². The van der Waals surface area contributed by atoms with Gasteiger partial charge < -0.3 is 9.64 Å². The molecule has 4 fully saturated rings. The molecular weight excluding hydrogens is 312 g/mol. The van der Waals surface area contributed by atoms with E-state index in [-0.39, 0.29) is 0 Å². The number of para-hydroxylation sites is 1. The highest BCUT2D eigenvalue weighted by atomic mass is 16.5. The first kappa shape index (κ1) is 15.1. The van der Waals surface area contributed by atoms with Gasteiger partial charge in [-0.15, -0.1) is 0 Å². The number of ether oxygens (including phenoxy) is 1. The summed E-state index contributed by atoms with van der Waals surface area (Å²) in [6.45, 7) is 3.41. The maximum absolute atomic E-state index is 5.69. The number of anilines is 1. The van der Waals surface area contributed by atoms with E-state index in [1.165, 1.54) is 31.5 Å². The fourth-order valence-corrected chi connectivity index (χ4v) is 5.34. The Morgan fingerprint density at radius 2 is 1.76 bits per heavy atom. The number of fused-ring (bicyclic) bond motifs is 2. The molecule has 4 aliphatic heterocycles. The van der Waals surface area contributed by atoms with Gasteiger partial charge >= 0.3 is 0 Å². The number of methoxy groups -OCH3 is 1. The maximum Gasteiger partial charge on any atom is 0.225 e. The van der Waals surface area contributed by atoms with Crippen LogP contribution in [0.4, 0.5) is 5.95 Å². The van der Waals surface area contributed by atoms with Gasteiger partial charge in [0.2, 0.25) is 5.95 Å². The van der Waals surface area contributed by atoms with E-state index in [0.29, 0.717) is 18.0 Å². The lowest BCUT2D eigenvalue weighted by atomic mass is 9.75. The molecule has 0 spiro atoms. The minimum absolute atomic E-state index is 0.438. The van der Waals surface area contributed by atoms with Gasteiger partial charge in [-0.2, -0.15) is 0 Å². The summed E-state index contributed by atoms with van der Waals surface area (Å²) in [5.41, 5.74) is 1.32. The van der Waals surface area contributed by atoms with E-state index in [0.717, 1.165) is 24.2 Å². The van der Waals surface area contributed by atoms with Gasteiger partial charge in [0, 0.05) is 36.5 Å². The van der Waals surface area contributed by atoms with E-state index >= 15 is 0 Å². The van der Waals surface area contributed by atoms with E-state index < -0.39 is 0 Å². The molecule has 2 bridgehead atoms. The zero-order valence-corrected chi connectivity index (χ0v) is 14.6. The van der Waals surface area contributed by atoms with Gasteiger partial charge in [0.15, 0.2) is 0 Å². The average Bonchev–Trinajstić information content (AvgIpc) is 3.12. The number of hydrogen-bond donors (Lipinski definition) is 0. The summed E-state index contributed by atoms with van der Waals surface area (Å²) >= 11 is 0. The van der Waals surface area contributed by atoms with Gasteiger partial charge in [-0.1, -0.05) is 18.2 Å². The molecule has 5 heteroatoms. The molecule has 130 valence electrons. The second-order valence-electron chi connectivity index (χ2n) is 7.40. The molecule has 0 aliphatic carbocycles. The van der Waals surface area contributed by atoms with Crippen LogP contribution in [-0.2, 0) is 0 Å². The number of rotatable bonds is 3.